The quantitative estimate of drug-likeness (QED) is 0.316. The Morgan fingerprint density at radius 1 is 0.567 bits per heavy atom. The van der Waals surface area contributed by atoms with Crippen LogP contribution >= 0.6 is 0 Å². The zero-order chi connectivity index (χ0) is 20.9. The molecule has 7 heteroatoms. The first kappa shape index (κ1) is 23.1. The standard InChI is InChI=1S/C23H11AsO5.Mo/c25-12-17-11-23(22(15-28)21(14-27)20(17)13-26)24(16-29,18-7-3-1-4-8-18)19-9-5-2-6-10-19;/h1-11H;. The number of hydrogen-bond acceptors (Lipinski definition) is 5. The van der Waals surface area contributed by atoms with Gasteiger partial charge in [-0.1, -0.05) is 0 Å². The average Bonchev–Trinajstić information content (AvgIpc) is 2.80. The van der Waals surface area contributed by atoms with Crippen molar-refractivity contribution in [1.29, 1.82) is 0 Å². The molecule has 3 aromatic carbocycles. The van der Waals surface area contributed by atoms with Crippen LogP contribution in [0.3, 0.4) is 0 Å². The predicted molar refractivity (Wildman–Crippen MR) is 107 cm³/mol. The van der Waals surface area contributed by atoms with E-state index in [1.165, 1.54) is 17.9 Å². The molecular formula is C23H11AsMoO5. The molecule has 0 saturated carbocycles. The first-order valence-corrected chi connectivity index (χ1v) is 12.1. The third-order valence-corrected chi connectivity index (χ3v) is 11.8. The van der Waals surface area contributed by atoms with E-state index in [4.69, 9.17) is 0 Å². The largest absolute Gasteiger partial charge is 0 e. The summed E-state index contributed by atoms with van der Waals surface area (Å²) in [7, 11) is 0. The van der Waals surface area contributed by atoms with Gasteiger partial charge in [0, 0.05) is 21.1 Å². The van der Waals surface area contributed by atoms with Crippen molar-refractivity contribution >= 4 is 54.6 Å². The molecule has 0 spiro atoms. The fourth-order valence-corrected chi connectivity index (χ4v) is 9.96. The van der Waals surface area contributed by atoms with E-state index in [1.807, 2.05) is 0 Å². The van der Waals surface area contributed by atoms with Crippen molar-refractivity contribution in [2.75, 3.05) is 0 Å². The summed E-state index contributed by atoms with van der Waals surface area (Å²) in [6.07, 6.45) is 0. The van der Waals surface area contributed by atoms with Crippen LogP contribution in [-0.4, -0.2) is 41.5 Å². The second kappa shape index (κ2) is 10.0. The summed E-state index contributed by atoms with van der Waals surface area (Å²) in [4.78, 5) is 58.9. The Labute approximate surface area is 186 Å². The number of rotatable bonds is 3. The van der Waals surface area contributed by atoms with Gasteiger partial charge >= 0.3 is 166 Å². The molecule has 0 heterocycles. The van der Waals surface area contributed by atoms with Gasteiger partial charge in [-0.2, -0.15) is 0 Å². The first-order valence-electron chi connectivity index (χ1n) is 8.31. The van der Waals surface area contributed by atoms with Crippen LogP contribution in [-0.2, 0) is 45.0 Å². The van der Waals surface area contributed by atoms with Crippen LogP contribution in [0.2, 0.25) is 0 Å². The van der Waals surface area contributed by atoms with Crippen molar-refractivity contribution < 1.29 is 45.0 Å². The van der Waals surface area contributed by atoms with Gasteiger partial charge in [0.25, 0.3) is 0 Å². The normalized spacial score (nSPS) is 9.73. The van der Waals surface area contributed by atoms with Gasteiger partial charge in [0.2, 0.25) is 0 Å². The van der Waals surface area contributed by atoms with E-state index in [2.05, 4.69) is 4.67 Å². The van der Waals surface area contributed by atoms with Gasteiger partial charge in [0.15, 0.2) is 0 Å². The minimum Gasteiger partial charge on any atom is 0 e. The fraction of sp³-hybridized carbons (Fsp3) is 0. The third-order valence-electron chi connectivity index (χ3n) is 4.51. The maximum absolute atomic E-state index is 12.6. The molecule has 0 saturated heterocycles. The van der Waals surface area contributed by atoms with Gasteiger partial charge in [0.05, 0.1) is 0 Å². The van der Waals surface area contributed by atoms with Crippen molar-refractivity contribution in [3.05, 3.63) is 87.6 Å². The van der Waals surface area contributed by atoms with E-state index < -0.39 is 23.5 Å². The topological polar surface area (TPSA) is 85.3 Å². The summed E-state index contributed by atoms with van der Waals surface area (Å²) in [5.74, 6) is 6.26. The molecule has 0 aliphatic carbocycles. The fourth-order valence-electron chi connectivity index (χ4n) is 3.21. The summed E-state index contributed by atoms with van der Waals surface area (Å²) in [5.41, 5.74) is 0. The molecule has 0 aliphatic heterocycles. The van der Waals surface area contributed by atoms with E-state index in [1.54, 1.807) is 72.5 Å². The van der Waals surface area contributed by atoms with E-state index in [0.717, 1.165) is 0 Å². The molecule has 0 bridgehead atoms. The molecule has 0 fully saturated rings. The third kappa shape index (κ3) is 3.68. The van der Waals surface area contributed by atoms with Crippen LogP contribution < -0.4 is 33.9 Å². The van der Waals surface area contributed by atoms with E-state index >= 15 is 0 Å². The molecule has 30 heavy (non-hydrogen) atoms. The molecule has 0 amide bonds. The number of benzene rings is 3. The molecule has 0 radical (unpaired) electrons. The van der Waals surface area contributed by atoms with Gasteiger partial charge in [-0.15, -0.1) is 0 Å². The first-order chi connectivity index (χ1) is 14.2. The summed E-state index contributed by atoms with van der Waals surface area (Å²) < 4.78 is 3.53. The van der Waals surface area contributed by atoms with Crippen LogP contribution in [0.1, 0.15) is 0 Å². The van der Waals surface area contributed by atoms with Crippen molar-refractivity contribution in [1.82, 2.24) is 0 Å². The minimum absolute atomic E-state index is 0. The van der Waals surface area contributed by atoms with Crippen LogP contribution in [0.25, 0.3) is 0 Å². The van der Waals surface area contributed by atoms with E-state index in [9.17, 15) is 24.0 Å². The Morgan fingerprint density at radius 3 is 1.40 bits per heavy atom. The predicted octanol–water partition coefficient (Wildman–Crippen LogP) is -4.18. The Kier molecular flexibility index (Phi) is 7.71. The summed E-state index contributed by atoms with van der Waals surface area (Å²) in [5, 5.41) is -1.46. The minimum atomic E-state index is -4.12. The Balaban J connectivity index is 0.00000320. The molecular weight excluding hydrogens is 527 g/mol. The van der Waals surface area contributed by atoms with Crippen LogP contribution in [0.5, 0.6) is 0 Å². The molecule has 0 atom stereocenters. The zero-order valence-corrected chi connectivity index (χ0v) is 19.1. The molecule has 144 valence electrons. The van der Waals surface area contributed by atoms with Crippen LogP contribution in [0.4, 0.5) is 0 Å². The Morgan fingerprint density at radius 2 is 1.03 bits per heavy atom. The van der Waals surface area contributed by atoms with Gasteiger partial charge in [-0.3, -0.25) is 0 Å². The van der Waals surface area contributed by atoms with Gasteiger partial charge in [0.1, 0.15) is 0 Å². The van der Waals surface area contributed by atoms with E-state index in [-0.39, 0.29) is 35.9 Å². The van der Waals surface area contributed by atoms with Crippen molar-refractivity contribution in [3.63, 3.8) is 0 Å². The SMILES string of the molecule is O=C=c1cc([As](=C=O)(c2ccccc2)c2ccccc2)c(=C=O)c(=C=O)c1=C=O.[Mo]. The second-order valence-corrected chi connectivity index (χ2v) is 12.3. The smallest absolute Gasteiger partial charge is 0 e. The number of carbonyl (C=O) groups excluding carboxylic acids is 5. The van der Waals surface area contributed by atoms with Gasteiger partial charge < -0.3 is 0 Å². The van der Waals surface area contributed by atoms with Crippen molar-refractivity contribution in [2.45, 2.75) is 0 Å². The zero-order valence-electron chi connectivity index (χ0n) is 15.2. The van der Waals surface area contributed by atoms with Gasteiger partial charge in [-0.25, -0.2) is 0 Å². The maximum Gasteiger partial charge on any atom is 0 e. The van der Waals surface area contributed by atoms with Crippen LogP contribution in [0, 0.1) is 0 Å². The Hall–Kier alpha value is -3.19. The number of hydrogen-bond donors (Lipinski definition) is 0. The Bertz CT molecular complexity index is 1480. The second-order valence-electron chi connectivity index (χ2n) is 5.91. The van der Waals surface area contributed by atoms with Gasteiger partial charge in [-0.05, 0) is 0 Å². The summed E-state index contributed by atoms with van der Waals surface area (Å²) in [6.45, 7) is 0. The molecule has 5 nitrogen and oxygen atoms in total. The van der Waals surface area contributed by atoms with Crippen molar-refractivity contribution in [3.8, 4) is 0 Å². The monoisotopic (exact) mass is 540 g/mol. The molecule has 0 aliphatic rings. The molecule has 0 N–H and O–H groups in total. The van der Waals surface area contributed by atoms with E-state index in [0.29, 0.717) is 8.70 Å². The average molecular weight is 538 g/mol. The molecule has 3 rings (SSSR count). The van der Waals surface area contributed by atoms with Crippen LogP contribution in [0.15, 0.2) is 66.7 Å². The summed E-state index contributed by atoms with van der Waals surface area (Å²) >= 11 is -4.12. The maximum atomic E-state index is 12.6. The summed E-state index contributed by atoms with van der Waals surface area (Å²) in [6, 6.07) is 18.7. The molecule has 0 unspecified atom stereocenters. The molecule has 0 aromatic heterocycles. The van der Waals surface area contributed by atoms with Crippen molar-refractivity contribution in [2.24, 2.45) is 0 Å². The molecule has 3 aromatic rings.